The number of anilines is 1. The number of nitrogens with zero attached hydrogens (tertiary/aromatic N) is 1. The maximum Gasteiger partial charge on any atom is 0.365 e. The number of esters is 1. The number of amides is 2. The first-order valence-electron chi connectivity index (χ1n) is 10.8. The summed E-state index contributed by atoms with van der Waals surface area (Å²) >= 11 is 0. The van der Waals surface area contributed by atoms with Gasteiger partial charge in [-0.05, 0) is 60.7 Å². The van der Waals surface area contributed by atoms with E-state index in [4.69, 9.17) is 4.74 Å². The first kappa shape index (κ1) is 21.9. The summed E-state index contributed by atoms with van der Waals surface area (Å²) in [4.78, 5) is 41.5. The predicted octanol–water partition coefficient (Wildman–Crippen LogP) is 2.13. The lowest BCUT2D eigenvalue weighted by atomic mass is 9.71. The zero-order chi connectivity index (χ0) is 24.0. The minimum absolute atomic E-state index is 0.391. The number of fused-ring (bicyclic) bond motifs is 1. The molecule has 2 aliphatic rings. The van der Waals surface area contributed by atoms with Crippen LogP contribution in [0, 0.1) is 23.5 Å². The Morgan fingerprint density at radius 1 is 0.853 bits per heavy atom. The number of rotatable bonds is 4. The van der Waals surface area contributed by atoms with E-state index in [1.54, 1.807) is 35.6 Å². The summed E-state index contributed by atoms with van der Waals surface area (Å²) in [5.74, 6) is -4.65. The van der Waals surface area contributed by atoms with Gasteiger partial charge in [0.05, 0.1) is 12.8 Å². The fourth-order valence-corrected chi connectivity index (χ4v) is 5.37. The van der Waals surface area contributed by atoms with Gasteiger partial charge in [0, 0.05) is 11.1 Å². The van der Waals surface area contributed by atoms with Crippen LogP contribution in [0.5, 0.6) is 0 Å². The van der Waals surface area contributed by atoms with E-state index < -0.39 is 52.8 Å². The van der Waals surface area contributed by atoms with Crippen molar-refractivity contribution in [2.75, 3.05) is 12.0 Å². The highest BCUT2D eigenvalue weighted by Gasteiger charge is 2.72. The molecule has 0 unspecified atom stereocenters. The van der Waals surface area contributed by atoms with E-state index in [1.807, 2.05) is 0 Å². The lowest BCUT2D eigenvalue weighted by Gasteiger charge is -2.32. The molecule has 2 heterocycles. The van der Waals surface area contributed by atoms with Crippen LogP contribution < -0.4 is 10.2 Å². The van der Waals surface area contributed by atoms with Gasteiger partial charge in [-0.15, -0.1) is 0 Å². The third-order valence-electron chi connectivity index (χ3n) is 6.80. The van der Waals surface area contributed by atoms with Crippen LogP contribution >= 0.6 is 0 Å². The summed E-state index contributed by atoms with van der Waals surface area (Å²) in [5.41, 5.74) is 0.125. The van der Waals surface area contributed by atoms with E-state index in [9.17, 15) is 23.2 Å². The van der Waals surface area contributed by atoms with Crippen molar-refractivity contribution in [3.05, 3.63) is 102 Å². The van der Waals surface area contributed by atoms with Gasteiger partial charge in [-0.3, -0.25) is 9.59 Å². The molecule has 5 rings (SSSR count). The van der Waals surface area contributed by atoms with Gasteiger partial charge in [0.1, 0.15) is 23.5 Å². The second kappa shape index (κ2) is 8.14. The standard InChI is InChI=1S/C26H20F2N2O4/c1-34-25(33)22-20-21(24(32)30(23(20)31)19-5-3-2-4-6-19)26(29-22,15-7-11-17(27)12-8-15)16-9-13-18(28)14-10-16/h2-14,20-22,29H,1H3/p+1/t20-,21-,22-/m0/s1. The molecule has 0 saturated carbocycles. The van der Waals surface area contributed by atoms with Crippen LogP contribution in [0.15, 0.2) is 78.9 Å². The molecule has 3 aromatic carbocycles. The Morgan fingerprint density at radius 2 is 1.38 bits per heavy atom. The molecule has 2 amide bonds. The number of methoxy groups -OCH3 is 1. The third kappa shape index (κ3) is 3.13. The predicted molar refractivity (Wildman–Crippen MR) is 117 cm³/mol. The Balaban J connectivity index is 1.76. The fraction of sp³-hybridized carbons (Fsp3) is 0.192. The number of halogens is 2. The lowest BCUT2D eigenvalue weighted by Crippen LogP contribution is -2.99. The number of carbonyl (C=O) groups excluding carboxylic acids is 3. The molecule has 0 bridgehead atoms. The Morgan fingerprint density at radius 3 is 1.88 bits per heavy atom. The molecular formula is C26H21F2N2O4+. The van der Waals surface area contributed by atoms with Gasteiger partial charge < -0.3 is 10.1 Å². The van der Waals surface area contributed by atoms with Crippen molar-refractivity contribution in [1.82, 2.24) is 0 Å². The third-order valence-corrected chi connectivity index (χ3v) is 6.80. The number of hydrogen-bond acceptors (Lipinski definition) is 4. The van der Waals surface area contributed by atoms with Gasteiger partial charge in [-0.25, -0.2) is 18.5 Å². The van der Waals surface area contributed by atoms with Crippen LogP contribution in [0.25, 0.3) is 0 Å². The van der Waals surface area contributed by atoms with Gasteiger partial charge in [0.15, 0.2) is 11.6 Å². The number of quaternary nitrogens is 1. The molecule has 172 valence electrons. The van der Waals surface area contributed by atoms with Crippen LogP contribution in [-0.4, -0.2) is 30.9 Å². The van der Waals surface area contributed by atoms with Crippen molar-refractivity contribution < 1.29 is 33.2 Å². The molecule has 8 heteroatoms. The number of benzene rings is 3. The molecule has 0 radical (unpaired) electrons. The van der Waals surface area contributed by atoms with Crippen LogP contribution in [-0.2, 0) is 24.7 Å². The zero-order valence-corrected chi connectivity index (χ0v) is 18.2. The molecule has 2 fully saturated rings. The van der Waals surface area contributed by atoms with Crippen LogP contribution in [0.3, 0.4) is 0 Å². The largest absolute Gasteiger partial charge is 0.465 e. The molecule has 2 aliphatic heterocycles. The van der Waals surface area contributed by atoms with Crippen molar-refractivity contribution in [2.45, 2.75) is 11.6 Å². The lowest BCUT2D eigenvalue weighted by molar-refractivity contribution is -0.729. The second-order valence-electron chi connectivity index (χ2n) is 8.45. The molecular weight excluding hydrogens is 442 g/mol. The van der Waals surface area contributed by atoms with E-state index in [1.165, 1.54) is 55.6 Å². The number of para-hydroxylation sites is 1. The molecule has 3 atom stereocenters. The molecule has 0 spiro atoms. The van der Waals surface area contributed by atoms with Gasteiger partial charge in [-0.2, -0.15) is 0 Å². The summed E-state index contributed by atoms with van der Waals surface area (Å²) in [6.07, 6.45) is 0. The number of ether oxygens (including phenoxy) is 1. The van der Waals surface area contributed by atoms with Gasteiger partial charge in [-0.1, -0.05) is 18.2 Å². The smallest absolute Gasteiger partial charge is 0.365 e. The Kier molecular flexibility index (Phi) is 5.25. The summed E-state index contributed by atoms with van der Waals surface area (Å²) in [6.45, 7) is 0. The average Bonchev–Trinajstić information content (AvgIpc) is 3.34. The first-order chi connectivity index (χ1) is 16.4. The van der Waals surface area contributed by atoms with Crippen LogP contribution in [0.2, 0.25) is 0 Å². The van der Waals surface area contributed by atoms with Crippen molar-refractivity contribution in [3.63, 3.8) is 0 Å². The molecule has 3 aromatic rings. The maximum absolute atomic E-state index is 13.9. The first-order valence-corrected chi connectivity index (χ1v) is 10.8. The number of hydrogen-bond donors (Lipinski definition) is 1. The summed E-state index contributed by atoms with van der Waals surface area (Å²) in [7, 11) is 1.22. The molecule has 0 aliphatic carbocycles. The number of nitrogens with two attached hydrogens (primary N) is 1. The SMILES string of the molecule is COC(=O)[C@H]1[NH2+]C(c2ccc(F)cc2)(c2ccc(F)cc2)[C@@H]2C(=O)N(c3ccccc3)C(=O)[C@H]12. The van der Waals surface area contributed by atoms with Crippen molar-refractivity contribution >= 4 is 23.5 Å². The van der Waals surface area contributed by atoms with E-state index in [2.05, 4.69) is 0 Å². The second-order valence-corrected chi connectivity index (χ2v) is 8.45. The van der Waals surface area contributed by atoms with E-state index in [0.29, 0.717) is 16.8 Å². The Hall–Kier alpha value is -3.91. The van der Waals surface area contributed by atoms with Gasteiger partial charge >= 0.3 is 5.97 Å². The highest BCUT2D eigenvalue weighted by molar-refractivity contribution is 6.23. The van der Waals surface area contributed by atoms with Crippen molar-refractivity contribution in [3.8, 4) is 0 Å². The number of imide groups is 1. The topological polar surface area (TPSA) is 80.3 Å². The van der Waals surface area contributed by atoms with Crippen LogP contribution in [0.4, 0.5) is 14.5 Å². The Labute approximate surface area is 194 Å². The van der Waals surface area contributed by atoms with E-state index in [-0.39, 0.29) is 0 Å². The van der Waals surface area contributed by atoms with Gasteiger partial charge in [0.2, 0.25) is 11.8 Å². The van der Waals surface area contributed by atoms with E-state index in [0.717, 1.165) is 4.90 Å². The number of carbonyl (C=O) groups is 3. The highest BCUT2D eigenvalue weighted by Crippen LogP contribution is 2.48. The fourth-order valence-electron chi connectivity index (χ4n) is 5.37. The quantitative estimate of drug-likeness (QED) is 0.475. The molecule has 6 nitrogen and oxygen atoms in total. The minimum atomic E-state index is -1.29. The molecule has 0 aromatic heterocycles. The normalized spacial score (nSPS) is 23.1. The maximum atomic E-state index is 13.9. The average molecular weight is 463 g/mol. The highest BCUT2D eigenvalue weighted by atomic mass is 19.1. The summed E-state index contributed by atoms with van der Waals surface area (Å²) < 4.78 is 32.7. The van der Waals surface area contributed by atoms with Gasteiger partial charge in [0.25, 0.3) is 0 Å². The zero-order valence-electron chi connectivity index (χ0n) is 18.2. The van der Waals surface area contributed by atoms with Crippen LogP contribution in [0.1, 0.15) is 11.1 Å². The molecule has 2 saturated heterocycles. The van der Waals surface area contributed by atoms with Crippen molar-refractivity contribution in [2.24, 2.45) is 11.8 Å². The van der Waals surface area contributed by atoms with Crippen molar-refractivity contribution in [1.29, 1.82) is 0 Å². The Bertz CT molecular complexity index is 1220. The minimum Gasteiger partial charge on any atom is -0.465 e. The monoisotopic (exact) mass is 463 g/mol. The summed E-state index contributed by atoms with van der Waals surface area (Å²) in [6, 6.07) is 18.6. The molecule has 34 heavy (non-hydrogen) atoms. The molecule has 2 N–H and O–H groups in total. The summed E-state index contributed by atoms with van der Waals surface area (Å²) in [5, 5.41) is 1.63. The van der Waals surface area contributed by atoms with E-state index >= 15 is 0 Å².